The van der Waals surface area contributed by atoms with Gasteiger partial charge >= 0.3 is 5.97 Å². The van der Waals surface area contributed by atoms with Crippen LogP contribution >= 0.6 is 11.8 Å². The molecule has 2 heterocycles. The highest BCUT2D eigenvalue weighted by atomic mass is 32.2. The number of rotatable bonds is 7. The van der Waals surface area contributed by atoms with Crippen molar-refractivity contribution in [1.29, 1.82) is 0 Å². The van der Waals surface area contributed by atoms with Gasteiger partial charge in [0.25, 0.3) is 0 Å². The zero-order valence-corrected chi connectivity index (χ0v) is 20.8. The number of aryl methyl sites for hydroxylation is 1. The average Bonchev–Trinajstić information content (AvgIpc) is 3.25. The van der Waals surface area contributed by atoms with Crippen LogP contribution in [0.4, 0.5) is 0 Å². The zero-order chi connectivity index (χ0) is 24.2. The molecule has 7 heteroatoms. The molecule has 0 fully saturated rings. The fraction of sp³-hybridized carbons (Fsp3) is 0.296. The summed E-state index contributed by atoms with van der Waals surface area (Å²) in [6, 6.07) is 17.4. The molecule has 0 N–H and O–H groups in total. The van der Waals surface area contributed by atoms with E-state index in [0.717, 1.165) is 27.6 Å². The number of carbonyl (C=O) groups is 2. The molecule has 0 aliphatic carbocycles. The minimum absolute atomic E-state index is 0.0223. The summed E-state index contributed by atoms with van der Waals surface area (Å²) < 4.78 is 5.54. The fourth-order valence-corrected chi connectivity index (χ4v) is 5.03. The van der Waals surface area contributed by atoms with E-state index in [1.54, 1.807) is 18.9 Å². The van der Waals surface area contributed by atoms with Crippen molar-refractivity contribution in [1.82, 2.24) is 9.80 Å². The maximum Gasteiger partial charge on any atom is 0.338 e. The van der Waals surface area contributed by atoms with Crippen molar-refractivity contribution < 1.29 is 14.3 Å². The molecule has 34 heavy (non-hydrogen) atoms. The van der Waals surface area contributed by atoms with Crippen molar-refractivity contribution in [3.8, 4) is 0 Å². The Kier molecular flexibility index (Phi) is 7.22. The number of esters is 1. The molecule has 1 amide bonds. The quantitative estimate of drug-likeness (QED) is 0.519. The summed E-state index contributed by atoms with van der Waals surface area (Å²) in [4.78, 5) is 34.9. The predicted octanol–water partition coefficient (Wildman–Crippen LogP) is 5.14. The van der Waals surface area contributed by atoms with Crippen LogP contribution in [0.2, 0.25) is 0 Å². The molecule has 1 atom stereocenters. The van der Waals surface area contributed by atoms with Gasteiger partial charge in [0, 0.05) is 24.9 Å². The first-order valence-electron chi connectivity index (χ1n) is 11.4. The van der Waals surface area contributed by atoms with Crippen LogP contribution in [0.15, 0.2) is 76.3 Å². The summed E-state index contributed by atoms with van der Waals surface area (Å²) >= 11 is 1.48. The Bertz CT molecular complexity index is 1190. The van der Waals surface area contributed by atoms with E-state index in [0.29, 0.717) is 17.8 Å². The Hall–Kier alpha value is -3.32. The summed E-state index contributed by atoms with van der Waals surface area (Å²) in [6.45, 7) is 6.68. The maximum absolute atomic E-state index is 13.4. The summed E-state index contributed by atoms with van der Waals surface area (Å²) in [5, 5.41) is 2.72. The van der Waals surface area contributed by atoms with Crippen LogP contribution in [0.5, 0.6) is 0 Å². The molecule has 0 saturated carbocycles. The second-order valence-corrected chi connectivity index (χ2v) is 9.08. The van der Waals surface area contributed by atoms with Crippen LogP contribution in [0, 0.1) is 6.92 Å². The number of hydrogen-bond donors (Lipinski definition) is 0. The summed E-state index contributed by atoms with van der Waals surface area (Å²) in [5.74, 6) is -0.377. The number of aliphatic imine (C=N–C) groups is 1. The lowest BCUT2D eigenvalue weighted by atomic mass is 9.90. The molecule has 0 spiro atoms. The van der Waals surface area contributed by atoms with E-state index in [9.17, 15) is 9.59 Å². The Morgan fingerprint density at radius 1 is 1.12 bits per heavy atom. The molecule has 0 radical (unpaired) electrons. The Morgan fingerprint density at radius 3 is 2.56 bits per heavy atom. The van der Waals surface area contributed by atoms with Crippen molar-refractivity contribution in [3.63, 3.8) is 0 Å². The molecular formula is C27H29N3O3S. The van der Waals surface area contributed by atoms with E-state index >= 15 is 0 Å². The highest BCUT2D eigenvalue weighted by Crippen LogP contribution is 2.47. The molecule has 176 valence electrons. The molecular weight excluding hydrogens is 446 g/mol. The number of benzene rings is 2. The van der Waals surface area contributed by atoms with Crippen molar-refractivity contribution in [2.75, 3.05) is 20.2 Å². The smallest absolute Gasteiger partial charge is 0.338 e. The lowest BCUT2D eigenvalue weighted by molar-refractivity contribution is -0.139. The van der Waals surface area contributed by atoms with Gasteiger partial charge in [-0.05, 0) is 31.7 Å². The Balaban J connectivity index is 1.89. The van der Waals surface area contributed by atoms with Crippen molar-refractivity contribution in [2.24, 2.45) is 4.99 Å². The number of thioether (sulfide) groups is 1. The van der Waals surface area contributed by atoms with Gasteiger partial charge in [-0.2, -0.15) is 0 Å². The summed E-state index contributed by atoms with van der Waals surface area (Å²) in [5.41, 5.74) is 4.81. The fourth-order valence-electron chi connectivity index (χ4n) is 4.11. The topological polar surface area (TPSA) is 62.2 Å². The predicted molar refractivity (Wildman–Crippen MR) is 137 cm³/mol. The molecule has 2 aliphatic heterocycles. The number of amidine groups is 1. The SMILES string of the molecule is CCOC(=O)C1=C(c2ccccc2)N=C2SC=C(CC(=O)N(C)CC)N2C1c1cccc(C)c1. The normalized spacial score (nSPS) is 17.2. The van der Waals surface area contributed by atoms with Crippen molar-refractivity contribution in [3.05, 3.63) is 88.0 Å². The zero-order valence-electron chi connectivity index (χ0n) is 19.9. The third-order valence-electron chi connectivity index (χ3n) is 5.94. The van der Waals surface area contributed by atoms with Crippen LogP contribution < -0.4 is 0 Å². The van der Waals surface area contributed by atoms with Crippen molar-refractivity contribution in [2.45, 2.75) is 33.2 Å². The van der Waals surface area contributed by atoms with E-state index in [4.69, 9.17) is 9.73 Å². The van der Waals surface area contributed by atoms with Gasteiger partial charge in [-0.15, -0.1) is 0 Å². The van der Waals surface area contributed by atoms with E-state index in [2.05, 4.69) is 6.07 Å². The van der Waals surface area contributed by atoms with Gasteiger partial charge in [0.05, 0.1) is 30.3 Å². The molecule has 0 aromatic heterocycles. The van der Waals surface area contributed by atoms with Gasteiger partial charge in [0.1, 0.15) is 0 Å². The van der Waals surface area contributed by atoms with E-state index in [1.165, 1.54) is 11.8 Å². The lowest BCUT2D eigenvalue weighted by Gasteiger charge is -2.37. The van der Waals surface area contributed by atoms with Crippen LogP contribution in [-0.4, -0.2) is 47.0 Å². The molecule has 1 unspecified atom stereocenters. The van der Waals surface area contributed by atoms with Gasteiger partial charge in [0.15, 0.2) is 5.17 Å². The Morgan fingerprint density at radius 2 is 1.88 bits per heavy atom. The number of nitrogens with zero attached hydrogens (tertiary/aromatic N) is 3. The van der Waals surface area contributed by atoms with Gasteiger partial charge in [0.2, 0.25) is 5.91 Å². The summed E-state index contributed by atoms with van der Waals surface area (Å²) in [7, 11) is 1.80. The van der Waals surface area contributed by atoms with Crippen molar-refractivity contribution >= 4 is 34.5 Å². The molecule has 4 rings (SSSR count). The van der Waals surface area contributed by atoms with Crippen LogP contribution in [-0.2, 0) is 14.3 Å². The molecule has 0 bridgehead atoms. The first-order valence-corrected chi connectivity index (χ1v) is 12.3. The monoisotopic (exact) mass is 475 g/mol. The Labute approximate surface area is 205 Å². The minimum Gasteiger partial charge on any atom is -0.463 e. The van der Waals surface area contributed by atoms with E-state index < -0.39 is 12.0 Å². The van der Waals surface area contributed by atoms with Gasteiger partial charge in [-0.1, -0.05) is 71.9 Å². The van der Waals surface area contributed by atoms with E-state index in [-0.39, 0.29) is 18.9 Å². The molecule has 0 saturated heterocycles. The summed E-state index contributed by atoms with van der Waals surface area (Å²) in [6.07, 6.45) is 0.232. The minimum atomic E-state index is -0.456. The van der Waals surface area contributed by atoms with Gasteiger partial charge in [-0.3, -0.25) is 4.79 Å². The third kappa shape index (κ3) is 4.66. The number of amides is 1. The van der Waals surface area contributed by atoms with E-state index in [1.807, 2.05) is 72.7 Å². The van der Waals surface area contributed by atoms with Crippen LogP contribution in [0.25, 0.3) is 5.70 Å². The van der Waals surface area contributed by atoms with Gasteiger partial charge in [-0.25, -0.2) is 9.79 Å². The lowest BCUT2D eigenvalue weighted by Crippen LogP contribution is -2.38. The first kappa shape index (κ1) is 23.8. The standard InChI is InChI=1S/C27H29N3O3S/c1-5-29(4)22(31)16-21-17-34-27-28-24(19-12-8-7-9-13-19)23(26(32)33-6-2)25(30(21)27)20-14-10-11-18(3)15-20/h7-15,17,25H,5-6,16H2,1-4H3. The average molecular weight is 476 g/mol. The largest absolute Gasteiger partial charge is 0.463 e. The number of hydrogen-bond acceptors (Lipinski definition) is 6. The second kappa shape index (κ2) is 10.3. The molecule has 2 aliphatic rings. The van der Waals surface area contributed by atoms with Crippen LogP contribution in [0.3, 0.4) is 0 Å². The second-order valence-electron chi connectivity index (χ2n) is 8.24. The number of fused-ring (bicyclic) bond motifs is 1. The number of ether oxygens (including phenoxy) is 1. The molecule has 2 aromatic rings. The number of carbonyl (C=O) groups excluding carboxylic acids is 2. The highest BCUT2D eigenvalue weighted by Gasteiger charge is 2.42. The van der Waals surface area contributed by atoms with Gasteiger partial charge < -0.3 is 14.5 Å². The maximum atomic E-state index is 13.4. The van der Waals surface area contributed by atoms with Crippen LogP contribution in [0.1, 0.15) is 43.0 Å². The third-order valence-corrected chi connectivity index (χ3v) is 6.83. The first-order chi connectivity index (χ1) is 16.4. The molecule has 2 aromatic carbocycles. The highest BCUT2D eigenvalue weighted by molar-refractivity contribution is 8.16. The molecule has 6 nitrogen and oxygen atoms in total.